The van der Waals surface area contributed by atoms with Crippen molar-refractivity contribution in [2.45, 2.75) is 32.6 Å². The Morgan fingerprint density at radius 3 is 2.53 bits per heavy atom. The summed E-state index contributed by atoms with van der Waals surface area (Å²) >= 11 is 1.31. The standard InChI is InChI=1S/C20H19F3N6O2S/c1-11-5-15(7-26-17(11)24)28-18(30)19(31)29(12(2)16-9-32-10-27-16)8-14-4-3-13(6-25-14)20(21,22)23/h3-7,9-10,12H,8H2,1-2H3,(H2,24,26)(H,28,30). The molecule has 0 saturated heterocycles. The number of hydrogen-bond donors (Lipinski definition) is 2. The highest BCUT2D eigenvalue weighted by atomic mass is 32.1. The van der Waals surface area contributed by atoms with Crippen LogP contribution in [0.4, 0.5) is 24.7 Å². The van der Waals surface area contributed by atoms with Crippen molar-refractivity contribution in [3.8, 4) is 0 Å². The van der Waals surface area contributed by atoms with E-state index in [-0.39, 0.29) is 17.9 Å². The Morgan fingerprint density at radius 2 is 1.97 bits per heavy atom. The van der Waals surface area contributed by atoms with Crippen LogP contribution in [0.1, 0.15) is 35.5 Å². The van der Waals surface area contributed by atoms with Crippen LogP contribution in [-0.2, 0) is 22.3 Å². The topological polar surface area (TPSA) is 114 Å². The minimum atomic E-state index is -4.53. The Bertz CT molecular complexity index is 1100. The predicted octanol–water partition coefficient (Wildman–Crippen LogP) is 3.57. The van der Waals surface area contributed by atoms with Crippen molar-refractivity contribution >= 4 is 34.7 Å². The molecule has 12 heteroatoms. The molecule has 1 unspecified atom stereocenters. The summed E-state index contributed by atoms with van der Waals surface area (Å²) in [7, 11) is 0. The Balaban J connectivity index is 1.84. The second-order valence-corrected chi connectivity index (χ2v) is 7.66. The number of aryl methyl sites for hydroxylation is 1. The lowest BCUT2D eigenvalue weighted by atomic mass is 10.1. The van der Waals surface area contributed by atoms with Gasteiger partial charge in [0.1, 0.15) is 5.82 Å². The van der Waals surface area contributed by atoms with Gasteiger partial charge in [0.25, 0.3) is 0 Å². The van der Waals surface area contributed by atoms with Crippen molar-refractivity contribution in [3.05, 3.63) is 64.0 Å². The molecule has 3 rings (SSSR count). The largest absolute Gasteiger partial charge is 0.417 e. The summed E-state index contributed by atoms with van der Waals surface area (Å²) in [4.78, 5) is 38.8. The third kappa shape index (κ3) is 5.38. The van der Waals surface area contributed by atoms with Crippen molar-refractivity contribution < 1.29 is 22.8 Å². The van der Waals surface area contributed by atoms with E-state index in [0.717, 1.165) is 6.07 Å². The number of nitrogen functional groups attached to an aromatic ring is 1. The van der Waals surface area contributed by atoms with Gasteiger partial charge in [0.2, 0.25) is 0 Å². The van der Waals surface area contributed by atoms with Crippen LogP contribution in [0.25, 0.3) is 0 Å². The molecule has 3 aromatic heterocycles. The van der Waals surface area contributed by atoms with Crippen LogP contribution < -0.4 is 11.1 Å². The second-order valence-electron chi connectivity index (χ2n) is 6.94. The van der Waals surface area contributed by atoms with Gasteiger partial charge in [-0.25, -0.2) is 9.97 Å². The molecule has 0 bridgehead atoms. The molecule has 0 aliphatic rings. The van der Waals surface area contributed by atoms with Crippen LogP contribution in [-0.4, -0.2) is 31.7 Å². The fraction of sp³-hybridized carbons (Fsp3) is 0.250. The van der Waals surface area contributed by atoms with Crippen LogP contribution in [0.5, 0.6) is 0 Å². The van der Waals surface area contributed by atoms with Crippen molar-refractivity contribution in [2.24, 2.45) is 0 Å². The van der Waals surface area contributed by atoms with E-state index in [0.29, 0.717) is 23.3 Å². The van der Waals surface area contributed by atoms with E-state index in [2.05, 4.69) is 20.3 Å². The van der Waals surface area contributed by atoms with E-state index in [9.17, 15) is 22.8 Å². The zero-order valence-electron chi connectivity index (χ0n) is 17.1. The third-order valence-corrected chi connectivity index (χ3v) is 5.27. The summed E-state index contributed by atoms with van der Waals surface area (Å²) in [5, 5.41) is 4.19. The molecule has 1 atom stereocenters. The maximum absolute atomic E-state index is 13.0. The summed E-state index contributed by atoms with van der Waals surface area (Å²) in [5.41, 5.74) is 7.96. The molecule has 8 nitrogen and oxygen atoms in total. The molecule has 0 fully saturated rings. The second kappa shape index (κ2) is 9.30. The number of aromatic nitrogens is 3. The fourth-order valence-electron chi connectivity index (χ4n) is 2.80. The molecule has 0 spiro atoms. The van der Waals surface area contributed by atoms with Gasteiger partial charge >= 0.3 is 18.0 Å². The van der Waals surface area contributed by atoms with Crippen LogP contribution in [0, 0.1) is 6.92 Å². The van der Waals surface area contributed by atoms with Gasteiger partial charge in [-0.05, 0) is 37.6 Å². The molecule has 3 aromatic rings. The Kier molecular flexibility index (Phi) is 6.72. The number of amides is 2. The van der Waals surface area contributed by atoms with E-state index in [1.165, 1.54) is 28.5 Å². The van der Waals surface area contributed by atoms with Gasteiger partial charge in [0.15, 0.2) is 0 Å². The van der Waals surface area contributed by atoms with Gasteiger partial charge < -0.3 is 16.0 Å². The van der Waals surface area contributed by atoms with Gasteiger partial charge in [-0.3, -0.25) is 14.6 Å². The van der Waals surface area contributed by atoms with E-state index in [1.54, 1.807) is 30.8 Å². The van der Waals surface area contributed by atoms with E-state index in [4.69, 9.17) is 5.73 Å². The predicted molar refractivity (Wildman–Crippen MR) is 112 cm³/mol. The summed E-state index contributed by atoms with van der Waals surface area (Å²) in [6, 6.07) is 2.98. The molecule has 0 saturated carbocycles. The zero-order valence-corrected chi connectivity index (χ0v) is 17.9. The number of alkyl halides is 3. The molecule has 3 heterocycles. The number of pyridine rings is 2. The molecule has 0 aliphatic heterocycles. The quantitative estimate of drug-likeness (QED) is 0.558. The van der Waals surface area contributed by atoms with Crippen molar-refractivity contribution in [1.82, 2.24) is 19.9 Å². The van der Waals surface area contributed by atoms with E-state index in [1.807, 2.05) is 0 Å². The molecule has 0 aromatic carbocycles. The maximum atomic E-state index is 13.0. The van der Waals surface area contributed by atoms with Gasteiger partial charge in [0.05, 0.1) is 46.9 Å². The van der Waals surface area contributed by atoms with Crippen LogP contribution >= 0.6 is 11.3 Å². The van der Waals surface area contributed by atoms with E-state index >= 15 is 0 Å². The number of hydrogen-bond acceptors (Lipinski definition) is 7. The summed E-state index contributed by atoms with van der Waals surface area (Å²) < 4.78 is 38.4. The van der Waals surface area contributed by atoms with Gasteiger partial charge in [-0.2, -0.15) is 13.2 Å². The van der Waals surface area contributed by atoms with Crippen LogP contribution in [0.3, 0.4) is 0 Å². The number of nitrogens with two attached hydrogens (primary N) is 1. The first-order chi connectivity index (χ1) is 15.1. The number of nitrogens with one attached hydrogen (secondary N) is 1. The maximum Gasteiger partial charge on any atom is 0.417 e. The Labute approximate surface area is 185 Å². The smallest absolute Gasteiger partial charge is 0.383 e. The van der Waals surface area contributed by atoms with Crippen molar-refractivity contribution in [1.29, 1.82) is 0 Å². The number of anilines is 2. The first-order valence-electron chi connectivity index (χ1n) is 9.30. The van der Waals surface area contributed by atoms with Crippen LogP contribution in [0.2, 0.25) is 0 Å². The Hall–Kier alpha value is -3.54. The number of carbonyl (C=O) groups excluding carboxylic acids is 2. The number of halogens is 3. The average molecular weight is 464 g/mol. The SMILES string of the molecule is Cc1cc(NC(=O)C(=O)N(Cc2ccc(C(F)(F)F)cn2)C(C)c2cscn2)cnc1N. The molecule has 0 aliphatic carbocycles. The number of carbonyl (C=O) groups is 2. The van der Waals surface area contributed by atoms with Crippen LogP contribution in [0.15, 0.2) is 41.5 Å². The first kappa shape index (κ1) is 23.1. The van der Waals surface area contributed by atoms with Crippen molar-refractivity contribution in [2.75, 3.05) is 11.1 Å². The first-order valence-corrected chi connectivity index (χ1v) is 10.2. The van der Waals surface area contributed by atoms with Gasteiger partial charge in [-0.15, -0.1) is 11.3 Å². The normalized spacial score (nSPS) is 12.3. The molecule has 3 N–H and O–H groups in total. The zero-order chi connectivity index (χ0) is 23.5. The Morgan fingerprint density at radius 1 is 1.22 bits per heavy atom. The molecule has 0 radical (unpaired) electrons. The fourth-order valence-corrected chi connectivity index (χ4v) is 3.44. The summed E-state index contributed by atoms with van der Waals surface area (Å²) in [6.07, 6.45) is -2.52. The molecule has 32 heavy (non-hydrogen) atoms. The van der Waals surface area contributed by atoms with Gasteiger partial charge in [-0.1, -0.05) is 0 Å². The number of rotatable bonds is 5. The van der Waals surface area contributed by atoms with E-state index < -0.39 is 29.6 Å². The van der Waals surface area contributed by atoms with Gasteiger partial charge in [0, 0.05) is 11.6 Å². The highest BCUT2D eigenvalue weighted by Crippen LogP contribution is 2.29. The minimum absolute atomic E-state index is 0.186. The average Bonchev–Trinajstić information content (AvgIpc) is 3.28. The summed E-state index contributed by atoms with van der Waals surface area (Å²) in [6.45, 7) is 3.17. The lowest BCUT2D eigenvalue weighted by Crippen LogP contribution is -2.41. The monoisotopic (exact) mass is 464 g/mol. The molecule has 168 valence electrons. The minimum Gasteiger partial charge on any atom is -0.383 e. The lowest BCUT2D eigenvalue weighted by Gasteiger charge is -2.27. The lowest BCUT2D eigenvalue weighted by molar-refractivity contribution is -0.145. The van der Waals surface area contributed by atoms with Crippen molar-refractivity contribution in [3.63, 3.8) is 0 Å². The highest BCUT2D eigenvalue weighted by molar-refractivity contribution is 7.07. The highest BCUT2D eigenvalue weighted by Gasteiger charge is 2.32. The molecule has 2 amide bonds. The molecular formula is C20H19F3N6O2S. The third-order valence-electron chi connectivity index (χ3n) is 4.66. The molecular weight excluding hydrogens is 445 g/mol. The summed E-state index contributed by atoms with van der Waals surface area (Å²) in [5.74, 6) is -1.55. The number of nitrogens with zero attached hydrogens (tertiary/aromatic N) is 4. The number of thiazole rings is 1.